The molecule has 2 aromatic rings. The molecule has 2 heteroatoms. The number of benzene rings is 1. The molecule has 0 fully saturated rings. The van der Waals surface area contributed by atoms with E-state index in [0.717, 1.165) is 6.42 Å². The first-order chi connectivity index (χ1) is 8.88. The van der Waals surface area contributed by atoms with Crippen molar-refractivity contribution < 1.29 is 0 Å². The summed E-state index contributed by atoms with van der Waals surface area (Å²) in [7, 11) is 0. The standard InChI is InChI=1S/C16H19NS/c1-2-14(16-8-5-11-18-16)17-15-10-9-12-6-3-4-7-13(12)15/h3-8,11,14-15,17H,2,9-10H2,1H3. The van der Waals surface area contributed by atoms with Crippen LogP contribution in [0, 0.1) is 0 Å². The minimum atomic E-state index is 0.501. The van der Waals surface area contributed by atoms with Gasteiger partial charge in [-0.3, -0.25) is 0 Å². The Labute approximate surface area is 113 Å². The van der Waals surface area contributed by atoms with E-state index in [2.05, 4.69) is 54.0 Å². The van der Waals surface area contributed by atoms with E-state index >= 15 is 0 Å². The van der Waals surface area contributed by atoms with Crippen molar-refractivity contribution >= 4 is 11.3 Å². The number of thiophene rings is 1. The van der Waals surface area contributed by atoms with Crippen LogP contribution in [0.2, 0.25) is 0 Å². The Morgan fingerprint density at radius 3 is 2.94 bits per heavy atom. The Morgan fingerprint density at radius 1 is 1.28 bits per heavy atom. The van der Waals surface area contributed by atoms with Crippen molar-refractivity contribution in [2.24, 2.45) is 0 Å². The first-order valence-corrected chi connectivity index (χ1v) is 7.63. The molecule has 3 rings (SSSR count). The smallest absolute Gasteiger partial charge is 0.0417 e. The molecule has 94 valence electrons. The Balaban J connectivity index is 1.77. The average Bonchev–Trinajstić information content (AvgIpc) is 3.06. The van der Waals surface area contributed by atoms with Crippen molar-refractivity contribution in [1.82, 2.24) is 5.32 Å². The Kier molecular flexibility index (Phi) is 3.48. The molecule has 1 heterocycles. The van der Waals surface area contributed by atoms with Crippen LogP contribution in [0.15, 0.2) is 41.8 Å². The molecule has 0 amide bonds. The predicted molar refractivity (Wildman–Crippen MR) is 78.0 cm³/mol. The molecule has 0 spiro atoms. The summed E-state index contributed by atoms with van der Waals surface area (Å²) in [6.07, 6.45) is 3.61. The van der Waals surface area contributed by atoms with Gasteiger partial charge < -0.3 is 5.32 Å². The monoisotopic (exact) mass is 257 g/mol. The predicted octanol–water partition coefficient (Wildman–Crippen LogP) is 4.48. The van der Waals surface area contributed by atoms with Gasteiger partial charge >= 0.3 is 0 Å². The molecule has 1 aliphatic rings. The number of hydrogen-bond acceptors (Lipinski definition) is 2. The molecule has 18 heavy (non-hydrogen) atoms. The molecule has 1 aliphatic carbocycles. The second-order valence-electron chi connectivity index (χ2n) is 4.93. The van der Waals surface area contributed by atoms with Gasteiger partial charge in [0.1, 0.15) is 0 Å². The highest BCUT2D eigenvalue weighted by atomic mass is 32.1. The van der Waals surface area contributed by atoms with Gasteiger partial charge in [-0.15, -0.1) is 11.3 Å². The van der Waals surface area contributed by atoms with Crippen molar-refractivity contribution in [3.8, 4) is 0 Å². The van der Waals surface area contributed by atoms with Crippen LogP contribution >= 0.6 is 11.3 Å². The molecule has 1 N–H and O–H groups in total. The minimum Gasteiger partial charge on any atom is -0.302 e. The second-order valence-corrected chi connectivity index (χ2v) is 5.91. The van der Waals surface area contributed by atoms with Crippen molar-refractivity contribution in [3.63, 3.8) is 0 Å². The SMILES string of the molecule is CCC(NC1CCc2ccccc21)c1cccs1. The average molecular weight is 257 g/mol. The van der Waals surface area contributed by atoms with Crippen molar-refractivity contribution in [3.05, 3.63) is 57.8 Å². The van der Waals surface area contributed by atoms with Crippen LogP contribution in [-0.2, 0) is 6.42 Å². The van der Waals surface area contributed by atoms with Crippen LogP contribution < -0.4 is 5.32 Å². The maximum absolute atomic E-state index is 3.83. The van der Waals surface area contributed by atoms with Crippen LogP contribution in [-0.4, -0.2) is 0 Å². The summed E-state index contributed by atoms with van der Waals surface area (Å²) in [5.74, 6) is 0. The first-order valence-electron chi connectivity index (χ1n) is 6.75. The van der Waals surface area contributed by atoms with Gasteiger partial charge in [0.05, 0.1) is 0 Å². The molecule has 0 aliphatic heterocycles. The summed E-state index contributed by atoms with van der Waals surface area (Å²) in [5, 5.41) is 6.00. The Bertz CT molecular complexity index is 504. The van der Waals surface area contributed by atoms with Crippen LogP contribution in [0.1, 0.15) is 47.9 Å². The summed E-state index contributed by atoms with van der Waals surface area (Å²) in [6, 6.07) is 14.3. The summed E-state index contributed by atoms with van der Waals surface area (Å²) < 4.78 is 0. The minimum absolute atomic E-state index is 0.501. The number of hydrogen-bond donors (Lipinski definition) is 1. The summed E-state index contributed by atoms with van der Waals surface area (Å²) in [5.41, 5.74) is 3.03. The lowest BCUT2D eigenvalue weighted by atomic mass is 10.1. The van der Waals surface area contributed by atoms with Crippen LogP contribution in [0.25, 0.3) is 0 Å². The molecule has 0 saturated heterocycles. The van der Waals surface area contributed by atoms with Crippen LogP contribution in [0.5, 0.6) is 0 Å². The number of fused-ring (bicyclic) bond motifs is 1. The fraction of sp³-hybridized carbons (Fsp3) is 0.375. The van der Waals surface area contributed by atoms with E-state index in [1.807, 2.05) is 11.3 Å². The quantitative estimate of drug-likeness (QED) is 0.851. The second kappa shape index (κ2) is 5.25. The van der Waals surface area contributed by atoms with Gasteiger partial charge in [0, 0.05) is 17.0 Å². The maximum Gasteiger partial charge on any atom is 0.0417 e. The van der Waals surface area contributed by atoms with Gasteiger partial charge in [-0.05, 0) is 41.8 Å². The molecular weight excluding hydrogens is 238 g/mol. The Morgan fingerprint density at radius 2 is 2.17 bits per heavy atom. The van der Waals surface area contributed by atoms with E-state index in [-0.39, 0.29) is 0 Å². The highest BCUT2D eigenvalue weighted by molar-refractivity contribution is 7.10. The molecule has 0 bridgehead atoms. The third kappa shape index (κ3) is 2.23. The van der Waals surface area contributed by atoms with E-state index in [1.165, 1.54) is 28.8 Å². The fourth-order valence-corrected chi connectivity index (χ4v) is 3.73. The molecule has 1 aromatic carbocycles. The normalized spacial score (nSPS) is 19.7. The van der Waals surface area contributed by atoms with E-state index in [4.69, 9.17) is 0 Å². The molecule has 0 saturated carbocycles. The van der Waals surface area contributed by atoms with E-state index in [0.29, 0.717) is 12.1 Å². The van der Waals surface area contributed by atoms with E-state index in [1.54, 1.807) is 0 Å². The Hall–Kier alpha value is -1.12. The lowest BCUT2D eigenvalue weighted by Gasteiger charge is -2.21. The van der Waals surface area contributed by atoms with Gasteiger partial charge in [0.25, 0.3) is 0 Å². The third-order valence-corrected chi connectivity index (χ3v) is 4.82. The van der Waals surface area contributed by atoms with Gasteiger partial charge in [-0.25, -0.2) is 0 Å². The van der Waals surface area contributed by atoms with E-state index in [9.17, 15) is 0 Å². The first kappa shape index (κ1) is 11.9. The lowest BCUT2D eigenvalue weighted by Crippen LogP contribution is -2.24. The molecular formula is C16H19NS. The van der Waals surface area contributed by atoms with Crippen LogP contribution in [0.3, 0.4) is 0 Å². The highest BCUT2D eigenvalue weighted by Gasteiger charge is 2.24. The molecule has 2 unspecified atom stereocenters. The topological polar surface area (TPSA) is 12.0 Å². The maximum atomic E-state index is 3.83. The van der Waals surface area contributed by atoms with Crippen LogP contribution in [0.4, 0.5) is 0 Å². The number of rotatable bonds is 4. The summed E-state index contributed by atoms with van der Waals surface area (Å²) in [6.45, 7) is 2.26. The summed E-state index contributed by atoms with van der Waals surface area (Å²) >= 11 is 1.86. The zero-order valence-electron chi connectivity index (χ0n) is 10.7. The van der Waals surface area contributed by atoms with Gasteiger partial charge in [-0.2, -0.15) is 0 Å². The van der Waals surface area contributed by atoms with Crippen molar-refractivity contribution in [1.29, 1.82) is 0 Å². The zero-order chi connectivity index (χ0) is 12.4. The van der Waals surface area contributed by atoms with E-state index < -0.39 is 0 Å². The molecule has 1 nitrogen and oxygen atoms in total. The number of aryl methyl sites for hydroxylation is 1. The van der Waals surface area contributed by atoms with Gasteiger partial charge in [0.2, 0.25) is 0 Å². The highest BCUT2D eigenvalue weighted by Crippen LogP contribution is 2.34. The van der Waals surface area contributed by atoms with Gasteiger partial charge in [-0.1, -0.05) is 37.3 Å². The fourth-order valence-electron chi connectivity index (χ4n) is 2.86. The van der Waals surface area contributed by atoms with Gasteiger partial charge in [0.15, 0.2) is 0 Å². The van der Waals surface area contributed by atoms with Crippen molar-refractivity contribution in [2.45, 2.75) is 38.3 Å². The third-order valence-electron chi connectivity index (χ3n) is 3.83. The lowest BCUT2D eigenvalue weighted by molar-refractivity contribution is 0.438. The summed E-state index contributed by atoms with van der Waals surface area (Å²) in [4.78, 5) is 1.46. The molecule has 0 radical (unpaired) electrons. The van der Waals surface area contributed by atoms with Crippen molar-refractivity contribution in [2.75, 3.05) is 0 Å². The largest absolute Gasteiger partial charge is 0.302 e. The molecule has 2 atom stereocenters. The zero-order valence-corrected chi connectivity index (χ0v) is 11.5. The molecule has 1 aromatic heterocycles. The number of nitrogens with one attached hydrogen (secondary N) is 1.